The molecule has 0 atom stereocenters. The average Bonchev–Trinajstić information content (AvgIpc) is 3.20. The molecule has 29 heavy (non-hydrogen) atoms. The summed E-state index contributed by atoms with van der Waals surface area (Å²) in [6.45, 7) is 2.97. The number of aromatic nitrogens is 3. The SMILES string of the molecule is COc1ccc(-n2cnnc2SCC(=O)N(C)CCOc2cccc(C)c2)cc1. The number of ether oxygens (including phenoxy) is 2. The number of likely N-dealkylation sites (N-methyl/N-ethyl adjacent to an activating group) is 1. The van der Waals surface area contributed by atoms with Crippen molar-refractivity contribution in [2.75, 3.05) is 33.1 Å². The molecular formula is C21H24N4O3S. The molecule has 0 aliphatic rings. The van der Waals surface area contributed by atoms with Crippen LogP contribution in [0.4, 0.5) is 0 Å². The Morgan fingerprint density at radius 3 is 2.69 bits per heavy atom. The molecule has 1 amide bonds. The first-order chi connectivity index (χ1) is 14.1. The van der Waals surface area contributed by atoms with Gasteiger partial charge in [-0.2, -0.15) is 0 Å². The maximum atomic E-state index is 12.4. The first kappa shape index (κ1) is 20.7. The molecule has 1 aromatic heterocycles. The summed E-state index contributed by atoms with van der Waals surface area (Å²) in [6.07, 6.45) is 1.63. The van der Waals surface area contributed by atoms with Gasteiger partial charge in [-0.1, -0.05) is 23.9 Å². The Bertz CT molecular complexity index is 943. The molecule has 0 aliphatic heterocycles. The highest BCUT2D eigenvalue weighted by atomic mass is 32.2. The lowest BCUT2D eigenvalue weighted by Crippen LogP contribution is -2.32. The van der Waals surface area contributed by atoms with Crippen LogP contribution in [0.1, 0.15) is 5.56 Å². The second-order valence-corrected chi connectivity index (χ2v) is 7.39. The van der Waals surface area contributed by atoms with E-state index in [-0.39, 0.29) is 11.7 Å². The van der Waals surface area contributed by atoms with Crippen LogP contribution in [-0.4, -0.2) is 58.6 Å². The second-order valence-electron chi connectivity index (χ2n) is 6.45. The van der Waals surface area contributed by atoms with Crippen LogP contribution < -0.4 is 9.47 Å². The van der Waals surface area contributed by atoms with Crippen molar-refractivity contribution in [3.8, 4) is 17.2 Å². The third-order valence-electron chi connectivity index (χ3n) is 4.30. The number of carbonyl (C=O) groups excluding carboxylic acids is 1. The molecule has 0 bridgehead atoms. The number of carbonyl (C=O) groups is 1. The van der Waals surface area contributed by atoms with Crippen LogP contribution in [0, 0.1) is 6.92 Å². The molecule has 1 heterocycles. The van der Waals surface area contributed by atoms with Gasteiger partial charge in [-0.25, -0.2) is 0 Å². The first-order valence-electron chi connectivity index (χ1n) is 9.17. The van der Waals surface area contributed by atoms with Crippen molar-refractivity contribution in [3.05, 3.63) is 60.4 Å². The zero-order valence-corrected chi connectivity index (χ0v) is 17.6. The van der Waals surface area contributed by atoms with Crippen molar-refractivity contribution in [1.29, 1.82) is 0 Å². The Hall–Kier alpha value is -3.00. The van der Waals surface area contributed by atoms with E-state index in [1.54, 1.807) is 25.4 Å². The van der Waals surface area contributed by atoms with Gasteiger partial charge in [-0.15, -0.1) is 10.2 Å². The van der Waals surface area contributed by atoms with Crippen LogP contribution in [0.15, 0.2) is 60.0 Å². The Labute approximate surface area is 174 Å². The monoisotopic (exact) mass is 412 g/mol. The van der Waals surface area contributed by atoms with E-state index >= 15 is 0 Å². The zero-order chi connectivity index (χ0) is 20.6. The molecular weight excluding hydrogens is 388 g/mol. The molecule has 0 aliphatic carbocycles. The maximum absolute atomic E-state index is 12.4. The van der Waals surface area contributed by atoms with E-state index in [1.165, 1.54) is 11.8 Å². The second kappa shape index (κ2) is 9.97. The first-order valence-corrected chi connectivity index (χ1v) is 10.2. The zero-order valence-electron chi connectivity index (χ0n) is 16.7. The molecule has 3 rings (SSSR count). The topological polar surface area (TPSA) is 69.5 Å². The normalized spacial score (nSPS) is 10.6. The van der Waals surface area contributed by atoms with Crippen LogP contribution >= 0.6 is 11.8 Å². The van der Waals surface area contributed by atoms with Gasteiger partial charge in [0.15, 0.2) is 5.16 Å². The predicted octanol–water partition coefficient (Wildman–Crippen LogP) is 3.21. The lowest BCUT2D eigenvalue weighted by atomic mass is 10.2. The Balaban J connectivity index is 1.49. The Kier molecular flexibility index (Phi) is 7.13. The molecule has 0 radical (unpaired) electrons. The largest absolute Gasteiger partial charge is 0.497 e. The standard InChI is InChI=1S/C21H24N4O3S/c1-16-5-4-6-19(13-16)28-12-11-24(2)20(26)14-29-21-23-22-15-25(21)17-7-9-18(27-3)10-8-17/h4-10,13,15H,11-12,14H2,1-3H3. The maximum Gasteiger partial charge on any atom is 0.232 e. The van der Waals surface area contributed by atoms with Gasteiger partial charge in [-0.05, 0) is 48.9 Å². The predicted molar refractivity (Wildman–Crippen MR) is 113 cm³/mol. The summed E-state index contributed by atoms with van der Waals surface area (Å²) in [6, 6.07) is 15.4. The minimum absolute atomic E-state index is 0.00660. The fourth-order valence-corrected chi connectivity index (χ4v) is 3.48. The highest BCUT2D eigenvalue weighted by molar-refractivity contribution is 7.99. The van der Waals surface area contributed by atoms with Gasteiger partial charge < -0.3 is 14.4 Å². The minimum atomic E-state index is 0.00660. The van der Waals surface area contributed by atoms with Gasteiger partial charge in [0.2, 0.25) is 5.91 Å². The molecule has 2 aromatic carbocycles. The number of thioether (sulfide) groups is 1. The molecule has 0 saturated carbocycles. The lowest BCUT2D eigenvalue weighted by molar-refractivity contribution is -0.127. The van der Waals surface area contributed by atoms with E-state index < -0.39 is 0 Å². The lowest BCUT2D eigenvalue weighted by Gasteiger charge is -2.17. The van der Waals surface area contributed by atoms with Crippen molar-refractivity contribution < 1.29 is 14.3 Å². The molecule has 0 spiro atoms. The number of methoxy groups -OCH3 is 1. The Morgan fingerprint density at radius 1 is 1.17 bits per heavy atom. The molecule has 7 nitrogen and oxygen atoms in total. The van der Waals surface area contributed by atoms with E-state index in [4.69, 9.17) is 9.47 Å². The van der Waals surface area contributed by atoms with Crippen molar-refractivity contribution in [2.24, 2.45) is 0 Å². The summed E-state index contributed by atoms with van der Waals surface area (Å²) >= 11 is 1.35. The highest BCUT2D eigenvalue weighted by Crippen LogP contribution is 2.21. The average molecular weight is 413 g/mol. The van der Waals surface area contributed by atoms with Gasteiger partial charge in [-0.3, -0.25) is 9.36 Å². The van der Waals surface area contributed by atoms with Crippen LogP contribution in [0.2, 0.25) is 0 Å². The van der Waals surface area contributed by atoms with Crippen LogP contribution in [0.25, 0.3) is 5.69 Å². The third kappa shape index (κ3) is 5.74. The summed E-state index contributed by atoms with van der Waals surface area (Å²) < 4.78 is 12.7. The van der Waals surface area contributed by atoms with Crippen LogP contribution in [0.3, 0.4) is 0 Å². The minimum Gasteiger partial charge on any atom is -0.497 e. The molecule has 0 fully saturated rings. The number of amides is 1. The summed E-state index contributed by atoms with van der Waals surface area (Å²) in [5, 5.41) is 8.76. The summed E-state index contributed by atoms with van der Waals surface area (Å²) in [5.74, 6) is 1.87. The van der Waals surface area contributed by atoms with Gasteiger partial charge in [0.1, 0.15) is 24.4 Å². The van der Waals surface area contributed by atoms with E-state index in [2.05, 4.69) is 10.2 Å². The quantitative estimate of drug-likeness (QED) is 0.503. The van der Waals surface area contributed by atoms with E-state index in [0.29, 0.717) is 18.3 Å². The van der Waals surface area contributed by atoms with Crippen LogP contribution in [-0.2, 0) is 4.79 Å². The molecule has 152 valence electrons. The van der Waals surface area contributed by atoms with Gasteiger partial charge in [0.25, 0.3) is 0 Å². The van der Waals surface area contributed by atoms with Crippen LogP contribution in [0.5, 0.6) is 11.5 Å². The number of nitrogens with zero attached hydrogens (tertiary/aromatic N) is 4. The van der Waals surface area contributed by atoms with E-state index in [0.717, 1.165) is 22.7 Å². The van der Waals surface area contributed by atoms with E-state index in [9.17, 15) is 4.79 Å². The molecule has 0 N–H and O–H groups in total. The fraction of sp³-hybridized carbons (Fsp3) is 0.286. The fourth-order valence-electron chi connectivity index (χ4n) is 2.61. The molecule has 8 heteroatoms. The van der Waals surface area contributed by atoms with Crippen molar-refractivity contribution in [2.45, 2.75) is 12.1 Å². The van der Waals surface area contributed by atoms with Crippen molar-refractivity contribution in [1.82, 2.24) is 19.7 Å². The number of hydrogen-bond acceptors (Lipinski definition) is 6. The van der Waals surface area contributed by atoms with Crippen molar-refractivity contribution in [3.63, 3.8) is 0 Å². The smallest absolute Gasteiger partial charge is 0.232 e. The van der Waals surface area contributed by atoms with Crippen molar-refractivity contribution >= 4 is 17.7 Å². The Morgan fingerprint density at radius 2 is 1.97 bits per heavy atom. The third-order valence-corrected chi connectivity index (χ3v) is 5.23. The number of benzene rings is 2. The molecule has 0 saturated heterocycles. The molecule has 3 aromatic rings. The number of aryl methyl sites for hydroxylation is 1. The van der Waals surface area contributed by atoms with Gasteiger partial charge >= 0.3 is 0 Å². The highest BCUT2D eigenvalue weighted by Gasteiger charge is 2.13. The van der Waals surface area contributed by atoms with E-state index in [1.807, 2.05) is 60.0 Å². The van der Waals surface area contributed by atoms with Gasteiger partial charge in [0.05, 0.1) is 19.4 Å². The summed E-state index contributed by atoms with van der Waals surface area (Å²) in [7, 11) is 3.40. The van der Waals surface area contributed by atoms with Gasteiger partial charge in [0, 0.05) is 12.7 Å². The number of rotatable bonds is 9. The summed E-state index contributed by atoms with van der Waals surface area (Å²) in [4.78, 5) is 14.1. The summed E-state index contributed by atoms with van der Waals surface area (Å²) in [5.41, 5.74) is 2.05. The molecule has 0 unspecified atom stereocenters. The number of hydrogen-bond donors (Lipinski definition) is 0.